The minimum atomic E-state index is -1.34. The van der Waals surface area contributed by atoms with Crippen LogP contribution in [0.4, 0.5) is 0 Å². The first-order chi connectivity index (χ1) is 14.4. The fourth-order valence-corrected chi connectivity index (χ4v) is 4.75. The Morgan fingerprint density at radius 3 is 2.33 bits per heavy atom. The second kappa shape index (κ2) is 8.65. The highest BCUT2D eigenvalue weighted by Crippen LogP contribution is 2.40. The number of fused-ring (bicyclic) bond motifs is 1. The van der Waals surface area contributed by atoms with Crippen LogP contribution in [0.5, 0.6) is 5.75 Å². The van der Waals surface area contributed by atoms with Crippen molar-refractivity contribution in [1.82, 2.24) is 0 Å². The highest BCUT2D eigenvalue weighted by atomic mass is 16.7. The summed E-state index contributed by atoms with van der Waals surface area (Å²) in [5.41, 5.74) is 6.99. The van der Waals surface area contributed by atoms with Gasteiger partial charge in [0.2, 0.25) is 0 Å². The fraction of sp³-hybridized carbons (Fsp3) is 0.500. The lowest BCUT2D eigenvalue weighted by molar-refractivity contribution is -0.292. The summed E-state index contributed by atoms with van der Waals surface area (Å²) in [6.45, 7) is 2.15. The molecule has 0 bridgehead atoms. The Hall–Kier alpha value is -1.96. The zero-order valence-electron chi connectivity index (χ0n) is 17.7. The smallest absolute Gasteiger partial charge is 0.186 e. The Morgan fingerprint density at radius 1 is 0.967 bits per heavy atom. The van der Waals surface area contributed by atoms with Crippen molar-refractivity contribution in [2.24, 2.45) is 0 Å². The zero-order valence-corrected chi connectivity index (χ0v) is 17.7. The molecule has 1 fully saturated rings. The first-order valence-corrected chi connectivity index (χ1v) is 10.4. The molecular formula is C24H30O6. The lowest BCUT2D eigenvalue weighted by Gasteiger charge is -2.40. The Balaban J connectivity index is 1.73. The molecule has 5 unspecified atom stereocenters. The number of aliphatic hydroxyl groups is 3. The molecule has 0 aromatic heterocycles. The molecule has 3 N–H and O–H groups in total. The van der Waals surface area contributed by atoms with Crippen molar-refractivity contribution in [1.29, 1.82) is 0 Å². The van der Waals surface area contributed by atoms with Gasteiger partial charge in [-0.3, -0.25) is 0 Å². The topological polar surface area (TPSA) is 88.4 Å². The van der Waals surface area contributed by atoms with Crippen LogP contribution in [0.1, 0.15) is 45.9 Å². The van der Waals surface area contributed by atoms with E-state index in [-0.39, 0.29) is 0 Å². The molecule has 0 amide bonds. The lowest BCUT2D eigenvalue weighted by atomic mass is 9.85. The van der Waals surface area contributed by atoms with E-state index in [0.717, 1.165) is 42.6 Å². The molecule has 2 aromatic rings. The van der Waals surface area contributed by atoms with Crippen LogP contribution in [0.2, 0.25) is 0 Å². The van der Waals surface area contributed by atoms with Gasteiger partial charge in [-0.15, -0.1) is 0 Å². The molecule has 1 heterocycles. The lowest BCUT2D eigenvalue weighted by Crippen LogP contribution is -2.54. The monoisotopic (exact) mass is 414 g/mol. The van der Waals surface area contributed by atoms with Gasteiger partial charge in [0.25, 0.3) is 0 Å². The highest BCUT2D eigenvalue weighted by molar-refractivity contribution is 5.50. The van der Waals surface area contributed by atoms with E-state index in [1.807, 2.05) is 12.1 Å². The van der Waals surface area contributed by atoms with Crippen molar-refractivity contribution in [3.8, 4) is 5.75 Å². The molecule has 0 radical (unpaired) electrons. The second-order valence-corrected chi connectivity index (χ2v) is 8.22. The Morgan fingerprint density at radius 2 is 1.67 bits per heavy atom. The van der Waals surface area contributed by atoms with Crippen LogP contribution in [-0.2, 0) is 28.7 Å². The van der Waals surface area contributed by atoms with E-state index >= 15 is 0 Å². The van der Waals surface area contributed by atoms with Gasteiger partial charge >= 0.3 is 0 Å². The van der Waals surface area contributed by atoms with Crippen LogP contribution in [-0.4, -0.2) is 54.1 Å². The molecule has 1 saturated heterocycles. The number of hydrogen-bond acceptors (Lipinski definition) is 6. The van der Waals surface area contributed by atoms with Gasteiger partial charge in [-0.2, -0.15) is 0 Å². The summed E-state index contributed by atoms with van der Waals surface area (Å²) in [6.07, 6.45) is -1.89. The molecule has 6 heteroatoms. The fourth-order valence-electron chi connectivity index (χ4n) is 4.75. The van der Waals surface area contributed by atoms with Gasteiger partial charge in [-0.1, -0.05) is 18.2 Å². The highest BCUT2D eigenvalue weighted by Gasteiger charge is 2.45. The van der Waals surface area contributed by atoms with E-state index in [1.54, 1.807) is 7.11 Å². The first kappa shape index (κ1) is 21.3. The van der Waals surface area contributed by atoms with Gasteiger partial charge < -0.3 is 29.5 Å². The van der Waals surface area contributed by atoms with Crippen LogP contribution in [0, 0.1) is 6.92 Å². The van der Waals surface area contributed by atoms with Crippen molar-refractivity contribution in [3.63, 3.8) is 0 Å². The molecule has 30 heavy (non-hydrogen) atoms. The molecule has 1 aliphatic heterocycles. The second-order valence-electron chi connectivity index (χ2n) is 8.22. The van der Waals surface area contributed by atoms with Crippen LogP contribution in [0.25, 0.3) is 0 Å². The third kappa shape index (κ3) is 3.74. The number of rotatable bonds is 5. The summed E-state index contributed by atoms with van der Waals surface area (Å²) in [5, 5.41) is 31.2. The number of methoxy groups -OCH3 is 2. The SMILES string of the molecule is COc1ccc(Cc2cc(C3OC(OC)C(O)C(O)C3O)c3c(c2C)CCC3)cc1. The van der Waals surface area contributed by atoms with Crippen LogP contribution < -0.4 is 4.74 Å². The van der Waals surface area contributed by atoms with Crippen molar-refractivity contribution >= 4 is 0 Å². The average molecular weight is 414 g/mol. The number of benzene rings is 2. The van der Waals surface area contributed by atoms with E-state index in [9.17, 15) is 15.3 Å². The normalized spacial score (nSPS) is 28.4. The van der Waals surface area contributed by atoms with Crippen LogP contribution >= 0.6 is 0 Å². The number of hydrogen-bond donors (Lipinski definition) is 3. The zero-order chi connectivity index (χ0) is 21.4. The van der Waals surface area contributed by atoms with Crippen molar-refractivity contribution < 1.29 is 29.5 Å². The van der Waals surface area contributed by atoms with Gasteiger partial charge in [0.1, 0.15) is 30.2 Å². The van der Waals surface area contributed by atoms with E-state index in [2.05, 4.69) is 25.1 Å². The molecule has 2 aliphatic rings. The summed E-state index contributed by atoms with van der Waals surface area (Å²) in [7, 11) is 3.07. The van der Waals surface area contributed by atoms with Crippen molar-refractivity contribution in [2.75, 3.05) is 14.2 Å². The predicted molar refractivity (Wildman–Crippen MR) is 112 cm³/mol. The predicted octanol–water partition coefficient (Wildman–Crippen LogP) is 2.21. The summed E-state index contributed by atoms with van der Waals surface area (Å²) in [4.78, 5) is 0. The molecule has 6 nitrogen and oxygen atoms in total. The van der Waals surface area contributed by atoms with Gasteiger partial charge in [-0.05, 0) is 78.1 Å². The van der Waals surface area contributed by atoms with Crippen LogP contribution in [0.3, 0.4) is 0 Å². The first-order valence-electron chi connectivity index (χ1n) is 10.4. The largest absolute Gasteiger partial charge is 0.497 e. The summed E-state index contributed by atoms with van der Waals surface area (Å²) in [5.74, 6) is 0.821. The van der Waals surface area contributed by atoms with E-state index in [1.165, 1.54) is 29.4 Å². The Bertz CT molecular complexity index is 892. The third-order valence-electron chi connectivity index (χ3n) is 6.49. The molecule has 1 aliphatic carbocycles. The van der Waals surface area contributed by atoms with E-state index < -0.39 is 30.7 Å². The maximum Gasteiger partial charge on any atom is 0.186 e. The van der Waals surface area contributed by atoms with Crippen LogP contribution in [0.15, 0.2) is 30.3 Å². The standard InChI is InChI=1S/C24H30O6/c1-13-15(11-14-7-9-16(28-2)10-8-14)12-19(18-6-4-5-17(13)18)23-21(26)20(25)22(27)24(29-3)30-23/h7-10,12,20-27H,4-6,11H2,1-3H3. The minimum absolute atomic E-state index is 0.748. The van der Waals surface area contributed by atoms with Gasteiger partial charge in [0, 0.05) is 7.11 Å². The molecule has 4 rings (SSSR count). The third-order valence-corrected chi connectivity index (χ3v) is 6.49. The molecule has 0 saturated carbocycles. The van der Waals surface area contributed by atoms with E-state index in [0.29, 0.717) is 0 Å². The summed E-state index contributed by atoms with van der Waals surface area (Å²) < 4.78 is 16.4. The number of aliphatic hydroxyl groups excluding tert-OH is 3. The molecule has 5 atom stereocenters. The summed E-state index contributed by atoms with van der Waals surface area (Å²) in [6, 6.07) is 10.1. The van der Waals surface area contributed by atoms with Gasteiger partial charge in [0.15, 0.2) is 6.29 Å². The van der Waals surface area contributed by atoms with Crippen molar-refractivity contribution in [2.45, 2.75) is 63.3 Å². The van der Waals surface area contributed by atoms with Gasteiger partial charge in [0.05, 0.1) is 7.11 Å². The number of ether oxygens (including phenoxy) is 3. The quantitative estimate of drug-likeness (QED) is 0.695. The molecule has 0 spiro atoms. The Kier molecular flexibility index (Phi) is 6.14. The molecule has 2 aromatic carbocycles. The average Bonchev–Trinajstić information content (AvgIpc) is 3.26. The maximum absolute atomic E-state index is 10.7. The van der Waals surface area contributed by atoms with E-state index in [4.69, 9.17) is 14.2 Å². The molecule has 162 valence electrons. The van der Waals surface area contributed by atoms with Crippen molar-refractivity contribution in [3.05, 3.63) is 63.7 Å². The Labute approximate surface area is 177 Å². The molecular weight excluding hydrogens is 384 g/mol. The minimum Gasteiger partial charge on any atom is -0.497 e. The van der Waals surface area contributed by atoms with Gasteiger partial charge in [-0.25, -0.2) is 0 Å². The maximum atomic E-state index is 10.7. The summed E-state index contributed by atoms with van der Waals surface area (Å²) >= 11 is 0.